The van der Waals surface area contributed by atoms with Gasteiger partial charge in [0.05, 0.1) is 12.2 Å². The maximum atomic E-state index is 12.6. The number of rotatable bonds is 16. The highest BCUT2D eigenvalue weighted by Crippen LogP contribution is 2.44. The normalized spacial score (nSPS) is 27.7. The number of unbranched alkanes of at least 4 members (excludes halogenated alkanes) is 5. The number of piperidine rings is 1. The predicted octanol–water partition coefficient (Wildman–Crippen LogP) is 6.04. The minimum absolute atomic E-state index is 0.140. The quantitative estimate of drug-likeness (QED) is 0.138. The first-order valence-electron chi connectivity index (χ1n) is 17.5. The summed E-state index contributed by atoms with van der Waals surface area (Å²) in [6, 6.07) is 7.24. The monoisotopic (exact) mass is 605 g/mol. The van der Waals surface area contributed by atoms with Gasteiger partial charge in [-0.1, -0.05) is 69.7 Å². The van der Waals surface area contributed by atoms with Crippen LogP contribution in [0.5, 0.6) is 0 Å². The molecule has 0 bridgehead atoms. The molecule has 2 heterocycles. The van der Waals surface area contributed by atoms with Crippen LogP contribution in [0.4, 0.5) is 0 Å². The minimum atomic E-state index is -0.644. The van der Waals surface area contributed by atoms with Crippen LogP contribution in [-0.2, 0) is 16.0 Å². The number of aliphatic hydroxyl groups excluding tert-OH is 2. The fraction of sp³-hybridized carbons (Fsp3) is 0.676. The number of hydrogen-bond acceptors (Lipinski definition) is 5. The van der Waals surface area contributed by atoms with Crippen molar-refractivity contribution in [3.63, 3.8) is 0 Å². The van der Waals surface area contributed by atoms with Crippen LogP contribution < -0.4 is 5.32 Å². The van der Waals surface area contributed by atoms with Gasteiger partial charge in [-0.25, -0.2) is 0 Å². The molecule has 3 aliphatic rings. The third-order valence-electron chi connectivity index (χ3n) is 10.7. The lowest BCUT2D eigenvalue weighted by Crippen LogP contribution is -2.48. The largest absolute Gasteiger partial charge is 0.392 e. The van der Waals surface area contributed by atoms with Gasteiger partial charge in [0, 0.05) is 66.8 Å². The molecule has 4 N–H and O–H groups in total. The van der Waals surface area contributed by atoms with E-state index in [1.807, 2.05) is 6.08 Å². The van der Waals surface area contributed by atoms with Crippen molar-refractivity contribution in [1.29, 1.82) is 0 Å². The van der Waals surface area contributed by atoms with Crippen molar-refractivity contribution in [3.8, 4) is 0 Å². The molecule has 1 saturated heterocycles. The number of carbonyl (C=O) groups excluding carboxylic acids is 2. The van der Waals surface area contributed by atoms with Crippen molar-refractivity contribution >= 4 is 22.6 Å². The van der Waals surface area contributed by atoms with Crippen molar-refractivity contribution in [3.05, 3.63) is 47.7 Å². The zero-order valence-electron chi connectivity index (χ0n) is 27.0. The second-order valence-corrected chi connectivity index (χ2v) is 14.0. The Hall–Kier alpha value is -2.48. The molecule has 0 radical (unpaired) electrons. The maximum absolute atomic E-state index is 12.6. The number of aromatic amines is 1. The van der Waals surface area contributed by atoms with Crippen LogP contribution in [0.25, 0.3) is 10.9 Å². The van der Waals surface area contributed by atoms with E-state index in [2.05, 4.69) is 53.6 Å². The van der Waals surface area contributed by atoms with Crippen LogP contribution in [0, 0.1) is 17.8 Å². The predicted molar refractivity (Wildman–Crippen MR) is 176 cm³/mol. The summed E-state index contributed by atoms with van der Waals surface area (Å²) in [7, 11) is 2.27. The van der Waals surface area contributed by atoms with Gasteiger partial charge in [0.2, 0.25) is 5.91 Å². The van der Waals surface area contributed by atoms with E-state index in [9.17, 15) is 19.8 Å². The van der Waals surface area contributed by atoms with E-state index in [0.717, 1.165) is 83.7 Å². The molecule has 2 fully saturated rings. The van der Waals surface area contributed by atoms with Crippen molar-refractivity contribution < 1.29 is 19.8 Å². The number of Topliss-reactive ketones (excluding diaryl/α,β-unsaturated/α-hetero) is 1. The lowest BCUT2D eigenvalue weighted by atomic mass is 9.72. The molecule has 1 amide bonds. The van der Waals surface area contributed by atoms with Crippen molar-refractivity contribution in [2.75, 3.05) is 20.1 Å². The molecule has 1 unspecified atom stereocenters. The zero-order valence-corrected chi connectivity index (χ0v) is 27.0. The Bertz CT molecular complexity index is 1270. The summed E-state index contributed by atoms with van der Waals surface area (Å²) in [6.07, 6.45) is 17.2. The summed E-state index contributed by atoms with van der Waals surface area (Å²) in [6.45, 7) is 3.97. The maximum Gasteiger partial charge on any atom is 0.219 e. The number of carbonyl (C=O) groups is 2. The van der Waals surface area contributed by atoms with Gasteiger partial charge in [-0.15, -0.1) is 0 Å². The summed E-state index contributed by atoms with van der Waals surface area (Å²) < 4.78 is 0. The highest BCUT2D eigenvalue weighted by Gasteiger charge is 2.40. The summed E-state index contributed by atoms with van der Waals surface area (Å²) in [5.41, 5.74) is 4.20. The zero-order chi connectivity index (χ0) is 31.1. The first-order valence-corrected chi connectivity index (χ1v) is 17.5. The number of likely N-dealkylation sites (tertiary alicyclic amines) is 1. The van der Waals surface area contributed by atoms with Crippen LogP contribution in [-0.4, -0.2) is 70.2 Å². The number of nitrogens with zero attached hydrogens (tertiary/aromatic N) is 1. The Balaban J connectivity index is 0.966. The molecule has 2 aliphatic carbocycles. The van der Waals surface area contributed by atoms with Crippen LogP contribution in [0.15, 0.2) is 36.5 Å². The third kappa shape index (κ3) is 8.02. The van der Waals surface area contributed by atoms with E-state index >= 15 is 0 Å². The molecule has 1 aliphatic heterocycles. The van der Waals surface area contributed by atoms with Gasteiger partial charge in [-0.2, -0.15) is 0 Å². The smallest absolute Gasteiger partial charge is 0.219 e. The van der Waals surface area contributed by atoms with Gasteiger partial charge in [-0.05, 0) is 68.7 Å². The van der Waals surface area contributed by atoms with Crippen molar-refractivity contribution in [1.82, 2.24) is 15.2 Å². The van der Waals surface area contributed by atoms with E-state index < -0.39 is 12.2 Å². The number of fused-ring (bicyclic) bond motifs is 2. The summed E-state index contributed by atoms with van der Waals surface area (Å²) >= 11 is 0. The first-order chi connectivity index (χ1) is 21.4. The van der Waals surface area contributed by atoms with Gasteiger partial charge in [-0.3, -0.25) is 9.59 Å². The number of likely N-dealkylation sites (N-methyl/N-ethyl adjacent to an activating group) is 1. The number of aliphatic hydroxyl groups is 2. The molecule has 1 aromatic heterocycles. The van der Waals surface area contributed by atoms with Gasteiger partial charge >= 0.3 is 0 Å². The summed E-state index contributed by atoms with van der Waals surface area (Å²) in [4.78, 5) is 31.1. The Morgan fingerprint density at radius 2 is 1.98 bits per heavy atom. The van der Waals surface area contributed by atoms with Gasteiger partial charge in [0.15, 0.2) is 0 Å². The van der Waals surface area contributed by atoms with Crippen LogP contribution in [0.2, 0.25) is 0 Å². The lowest BCUT2D eigenvalue weighted by Gasteiger charge is -2.45. The lowest BCUT2D eigenvalue weighted by molar-refractivity contribution is -0.122. The number of nitrogens with one attached hydrogen (secondary N) is 2. The number of H-pyrrole nitrogens is 1. The number of hydrogen-bond donors (Lipinski definition) is 4. The topological polar surface area (TPSA) is 106 Å². The number of amides is 1. The Labute approximate surface area is 263 Å². The van der Waals surface area contributed by atoms with E-state index in [4.69, 9.17) is 0 Å². The molecular formula is C37H55N3O4. The second-order valence-electron chi connectivity index (χ2n) is 14.0. The molecule has 0 spiro atoms. The molecule has 7 heteroatoms. The highest BCUT2D eigenvalue weighted by molar-refractivity contribution is 5.88. The van der Waals surface area contributed by atoms with E-state index in [0.29, 0.717) is 24.3 Å². The number of benzene rings is 1. The Kier molecular flexibility index (Phi) is 11.7. The average molecular weight is 606 g/mol. The van der Waals surface area contributed by atoms with Gasteiger partial charge in [0.25, 0.3) is 0 Å². The van der Waals surface area contributed by atoms with Crippen LogP contribution in [0.3, 0.4) is 0 Å². The molecule has 1 saturated carbocycles. The molecule has 242 valence electrons. The molecule has 2 aromatic rings. The Morgan fingerprint density at radius 1 is 1.14 bits per heavy atom. The molecule has 1 aromatic carbocycles. The standard InChI is InChI=1S/C37H55N3O4/c1-3-4-7-11-27(41)16-17-29-28(34(42)22-35(29)43)12-8-5-6-9-15-36(44)38-19-18-25-20-31-30-13-10-14-32-37(30)26(23-39-32)21-33(31)40(2)24-25/h10,13-14,16-17,23,25,27-29,31,33,35,39,41,43H,3-9,11-12,15,18-22,24H2,1-2H3,(H,38,44)/t25-,27+,28-,29-,31?,33-,35-/m1/s1. The van der Waals surface area contributed by atoms with Crippen LogP contribution >= 0.6 is 0 Å². The van der Waals surface area contributed by atoms with Gasteiger partial charge < -0.3 is 25.4 Å². The number of ketones is 1. The van der Waals surface area contributed by atoms with Gasteiger partial charge in [0.1, 0.15) is 5.78 Å². The summed E-state index contributed by atoms with van der Waals surface area (Å²) in [5, 5.41) is 25.3. The fourth-order valence-electron chi connectivity index (χ4n) is 8.32. The molecule has 7 nitrogen and oxygen atoms in total. The van der Waals surface area contributed by atoms with E-state index in [-0.39, 0.29) is 29.9 Å². The van der Waals surface area contributed by atoms with Crippen molar-refractivity contribution in [2.45, 2.75) is 121 Å². The molecule has 5 rings (SSSR count). The number of aromatic nitrogens is 1. The summed E-state index contributed by atoms with van der Waals surface area (Å²) in [5.74, 6) is 1.06. The van der Waals surface area contributed by atoms with E-state index in [1.165, 1.54) is 28.5 Å². The minimum Gasteiger partial charge on any atom is -0.392 e. The van der Waals surface area contributed by atoms with Crippen molar-refractivity contribution in [2.24, 2.45) is 17.8 Å². The van der Waals surface area contributed by atoms with Crippen LogP contribution in [0.1, 0.15) is 107 Å². The molecule has 44 heavy (non-hydrogen) atoms. The second kappa shape index (κ2) is 15.7. The third-order valence-corrected chi connectivity index (χ3v) is 10.7. The average Bonchev–Trinajstić information content (AvgIpc) is 3.54. The Morgan fingerprint density at radius 3 is 2.82 bits per heavy atom. The first kappa shape index (κ1) is 32.9. The molecule has 7 atom stereocenters. The SMILES string of the molecule is CCCCC[C@H](O)C=C[C@H]1[C@H](O)CC(=O)[C@@H]1CCCCCCC(=O)NCC[C@@H]1CC2c3cccc4[nH]cc(c34)C[C@H]2N(C)C1. The highest BCUT2D eigenvalue weighted by atomic mass is 16.3. The fourth-order valence-corrected chi connectivity index (χ4v) is 8.32. The molecular weight excluding hydrogens is 550 g/mol. The van der Waals surface area contributed by atoms with E-state index in [1.54, 1.807) is 6.08 Å².